The molecule has 1 aliphatic heterocycles. The quantitative estimate of drug-likeness (QED) is 0.762. The zero-order valence-corrected chi connectivity index (χ0v) is 16.3. The molecule has 1 heterocycles. The number of thioether (sulfide) groups is 1. The van der Waals surface area contributed by atoms with E-state index in [1.54, 1.807) is 25.1 Å². The molecule has 6 heteroatoms. The van der Waals surface area contributed by atoms with Gasteiger partial charge in [-0.05, 0) is 37.6 Å². The van der Waals surface area contributed by atoms with Crippen LogP contribution in [0.4, 0.5) is 0 Å². The van der Waals surface area contributed by atoms with Gasteiger partial charge in [0.15, 0.2) is 0 Å². The maximum Gasteiger partial charge on any atom is 0.344 e. The summed E-state index contributed by atoms with van der Waals surface area (Å²) in [5.41, 5.74) is 2.19. The average molecular weight is 393 g/mol. The number of hydrogen-bond acceptors (Lipinski definition) is 5. The second-order valence-electron chi connectivity index (χ2n) is 6.05. The Morgan fingerprint density at radius 1 is 1.11 bits per heavy atom. The first-order valence-corrected chi connectivity index (χ1v) is 9.56. The van der Waals surface area contributed by atoms with Crippen molar-refractivity contribution in [3.63, 3.8) is 0 Å². The van der Waals surface area contributed by atoms with Crippen molar-refractivity contribution in [2.75, 3.05) is 6.61 Å². The summed E-state index contributed by atoms with van der Waals surface area (Å²) in [6, 6.07) is 16.4. The molecule has 0 spiro atoms. The molecule has 3 rings (SSSR count). The van der Waals surface area contributed by atoms with Crippen molar-refractivity contribution in [1.29, 1.82) is 0 Å². The number of aliphatic hydroxyl groups excluding tert-OH is 1. The number of hydrogen-bond donors (Lipinski definition) is 1. The number of ether oxygens (including phenoxy) is 1. The van der Waals surface area contributed by atoms with E-state index in [0.717, 1.165) is 22.9 Å². The topological polar surface area (TPSA) is 76.0 Å². The van der Waals surface area contributed by atoms with Crippen LogP contribution in [0.15, 0.2) is 75.8 Å². The Morgan fingerprint density at radius 3 is 2.43 bits per heavy atom. The fraction of sp³-hybridized carbons (Fsp3) is 0.136. The van der Waals surface area contributed by atoms with E-state index in [4.69, 9.17) is 4.74 Å². The fourth-order valence-corrected chi connectivity index (χ4v) is 3.56. The summed E-state index contributed by atoms with van der Waals surface area (Å²) in [6.07, 6.45) is 1.73. The van der Waals surface area contributed by atoms with Gasteiger partial charge in [-0.1, -0.05) is 59.8 Å². The molecule has 0 bridgehead atoms. The lowest BCUT2D eigenvalue weighted by Crippen LogP contribution is -2.14. The van der Waals surface area contributed by atoms with Gasteiger partial charge in [0, 0.05) is 5.56 Å². The Balaban J connectivity index is 1.99. The van der Waals surface area contributed by atoms with Crippen LogP contribution < -0.4 is 0 Å². The molecule has 2 aromatic rings. The number of benzene rings is 2. The zero-order chi connectivity index (χ0) is 20.1. The van der Waals surface area contributed by atoms with Crippen molar-refractivity contribution in [1.82, 2.24) is 0 Å². The lowest BCUT2D eigenvalue weighted by atomic mass is 10.1. The molecule has 1 amide bonds. The zero-order valence-electron chi connectivity index (χ0n) is 15.5. The standard InChI is InChI=1S/C22H19NO4S/c1-3-27-22(26)18-19(24)17(13-15-7-5-4-6-8-15)28-21(18)23-20(25)16-11-9-14(2)10-12-16/h4-13,24H,3H2,1-2H3/b17-13-,23-21?. The Labute approximate surface area is 167 Å². The molecule has 28 heavy (non-hydrogen) atoms. The van der Waals surface area contributed by atoms with Gasteiger partial charge in [-0.2, -0.15) is 0 Å². The number of amides is 1. The molecule has 142 valence electrons. The number of aryl methyl sites for hydroxylation is 1. The molecule has 2 aromatic carbocycles. The highest BCUT2D eigenvalue weighted by molar-refractivity contribution is 8.18. The summed E-state index contributed by atoms with van der Waals surface area (Å²) < 4.78 is 5.04. The van der Waals surface area contributed by atoms with Gasteiger partial charge in [0.1, 0.15) is 16.4 Å². The Bertz CT molecular complexity index is 989. The minimum atomic E-state index is -0.709. The molecule has 0 atom stereocenters. The molecule has 5 nitrogen and oxygen atoms in total. The molecule has 0 fully saturated rings. The summed E-state index contributed by atoms with van der Waals surface area (Å²) in [6.45, 7) is 3.75. The molecule has 0 unspecified atom stereocenters. The first-order chi connectivity index (χ1) is 13.5. The smallest absolute Gasteiger partial charge is 0.344 e. The van der Waals surface area contributed by atoms with Crippen molar-refractivity contribution >= 4 is 34.8 Å². The van der Waals surface area contributed by atoms with Gasteiger partial charge >= 0.3 is 5.97 Å². The number of carbonyl (C=O) groups excluding carboxylic acids is 2. The summed E-state index contributed by atoms with van der Waals surface area (Å²) in [5.74, 6) is -1.43. The van der Waals surface area contributed by atoms with E-state index in [2.05, 4.69) is 4.99 Å². The van der Waals surface area contributed by atoms with Gasteiger partial charge in [0.2, 0.25) is 0 Å². The largest absolute Gasteiger partial charge is 0.506 e. The maximum atomic E-state index is 12.5. The Morgan fingerprint density at radius 2 is 1.79 bits per heavy atom. The van der Waals surface area contributed by atoms with E-state index >= 15 is 0 Å². The number of rotatable bonds is 4. The SMILES string of the molecule is CCOC(=O)C1=C(O)/C(=C/c2ccccc2)SC1=NC(=O)c1ccc(C)cc1. The lowest BCUT2D eigenvalue weighted by molar-refractivity contribution is -0.138. The van der Waals surface area contributed by atoms with Crippen molar-refractivity contribution in [2.24, 2.45) is 4.99 Å². The fourth-order valence-electron chi connectivity index (χ4n) is 2.55. The first-order valence-electron chi connectivity index (χ1n) is 8.75. The minimum Gasteiger partial charge on any atom is -0.506 e. The molecule has 0 saturated heterocycles. The van der Waals surface area contributed by atoms with E-state index in [9.17, 15) is 14.7 Å². The van der Waals surface area contributed by atoms with Gasteiger partial charge in [-0.25, -0.2) is 9.79 Å². The second-order valence-corrected chi connectivity index (χ2v) is 7.08. The van der Waals surface area contributed by atoms with Crippen molar-refractivity contribution in [3.05, 3.63) is 87.5 Å². The number of aliphatic hydroxyl groups is 1. The van der Waals surface area contributed by atoms with Gasteiger partial charge < -0.3 is 9.84 Å². The Hall–Kier alpha value is -3.12. The van der Waals surface area contributed by atoms with Crippen LogP contribution in [0.1, 0.15) is 28.4 Å². The van der Waals surface area contributed by atoms with Crippen LogP contribution in [-0.2, 0) is 9.53 Å². The van der Waals surface area contributed by atoms with Crippen LogP contribution in [0.25, 0.3) is 6.08 Å². The molecule has 0 aliphatic carbocycles. The average Bonchev–Trinajstić information content (AvgIpc) is 2.98. The van der Waals surface area contributed by atoms with Gasteiger partial charge in [-0.3, -0.25) is 4.79 Å². The molecule has 0 aromatic heterocycles. The van der Waals surface area contributed by atoms with Crippen LogP contribution in [0, 0.1) is 6.92 Å². The summed E-state index contributed by atoms with van der Waals surface area (Å²) in [5, 5.41) is 10.7. The predicted octanol–water partition coefficient (Wildman–Crippen LogP) is 4.70. The van der Waals surface area contributed by atoms with Crippen LogP contribution in [-0.4, -0.2) is 28.6 Å². The Kier molecular flexibility index (Phi) is 6.11. The van der Waals surface area contributed by atoms with Gasteiger partial charge in [0.05, 0.1) is 11.5 Å². The highest BCUT2D eigenvalue weighted by atomic mass is 32.2. The number of aliphatic imine (C=N–C) groups is 1. The van der Waals surface area contributed by atoms with E-state index in [-0.39, 0.29) is 23.0 Å². The maximum absolute atomic E-state index is 12.5. The van der Waals surface area contributed by atoms with Crippen LogP contribution in [0.2, 0.25) is 0 Å². The van der Waals surface area contributed by atoms with E-state index in [1.165, 1.54) is 0 Å². The summed E-state index contributed by atoms with van der Waals surface area (Å²) >= 11 is 1.07. The molecular formula is C22H19NO4S. The number of nitrogens with zero attached hydrogens (tertiary/aromatic N) is 1. The van der Waals surface area contributed by atoms with E-state index in [1.807, 2.05) is 49.4 Å². The lowest BCUT2D eigenvalue weighted by Gasteiger charge is -2.03. The molecule has 0 saturated carbocycles. The van der Waals surface area contributed by atoms with Crippen LogP contribution in [0.5, 0.6) is 0 Å². The third-order valence-corrected chi connectivity index (χ3v) is 4.99. The number of carbonyl (C=O) groups is 2. The van der Waals surface area contributed by atoms with Crippen molar-refractivity contribution in [2.45, 2.75) is 13.8 Å². The third-order valence-electron chi connectivity index (χ3n) is 3.97. The first kappa shape index (κ1) is 19.6. The van der Waals surface area contributed by atoms with E-state index in [0.29, 0.717) is 10.5 Å². The normalized spacial score (nSPS) is 16.6. The van der Waals surface area contributed by atoms with Crippen molar-refractivity contribution < 1.29 is 19.4 Å². The second kappa shape index (κ2) is 8.71. The molecular weight excluding hydrogens is 374 g/mol. The van der Waals surface area contributed by atoms with Crippen molar-refractivity contribution in [3.8, 4) is 0 Å². The number of esters is 1. The highest BCUT2D eigenvalue weighted by Gasteiger charge is 2.33. The van der Waals surface area contributed by atoms with Gasteiger partial charge in [0.25, 0.3) is 5.91 Å². The van der Waals surface area contributed by atoms with Crippen LogP contribution >= 0.6 is 11.8 Å². The molecule has 1 aliphatic rings. The van der Waals surface area contributed by atoms with Gasteiger partial charge in [-0.15, -0.1) is 0 Å². The van der Waals surface area contributed by atoms with E-state index < -0.39 is 11.9 Å². The summed E-state index contributed by atoms with van der Waals surface area (Å²) in [7, 11) is 0. The van der Waals surface area contributed by atoms with Crippen LogP contribution in [0.3, 0.4) is 0 Å². The third kappa shape index (κ3) is 4.40. The molecule has 0 radical (unpaired) electrons. The molecule has 1 N–H and O–H groups in total. The predicted molar refractivity (Wildman–Crippen MR) is 111 cm³/mol. The summed E-state index contributed by atoms with van der Waals surface area (Å²) in [4.78, 5) is 29.4. The minimum absolute atomic E-state index is 0.0884. The monoisotopic (exact) mass is 393 g/mol. The highest BCUT2D eigenvalue weighted by Crippen LogP contribution is 2.39.